The predicted octanol–water partition coefficient (Wildman–Crippen LogP) is 2.59. The zero-order valence-electron chi connectivity index (χ0n) is 15.9. The Morgan fingerprint density at radius 2 is 1.94 bits per heavy atom. The Kier molecular flexibility index (Phi) is 6.16. The number of esters is 1. The Morgan fingerprint density at radius 1 is 1.25 bits per heavy atom. The van der Waals surface area contributed by atoms with Crippen LogP contribution < -0.4 is 21.8 Å². The van der Waals surface area contributed by atoms with Crippen molar-refractivity contribution in [3.8, 4) is 11.4 Å². The molecule has 0 bridgehead atoms. The molecule has 0 amide bonds. The number of rotatable bonds is 5. The van der Waals surface area contributed by atoms with E-state index in [0.717, 1.165) is 19.2 Å². The number of carbonyl (C=O) groups is 1. The number of aromatic nitrogens is 2. The molecule has 0 spiro atoms. The minimum Gasteiger partial charge on any atom is -0.484 e. The molecule has 0 unspecified atom stereocenters. The average molecular weight is 522 g/mol. The molecule has 170 valence electrons. The summed E-state index contributed by atoms with van der Waals surface area (Å²) >= 11 is 3.04. The number of nitrogen functional groups attached to an aromatic ring is 1. The molecule has 0 fully saturated rings. The quantitative estimate of drug-likeness (QED) is 0.311. The van der Waals surface area contributed by atoms with E-state index in [2.05, 4.69) is 20.7 Å². The summed E-state index contributed by atoms with van der Waals surface area (Å²) < 4.78 is 68.5. The molecule has 2 heterocycles. The molecule has 0 aliphatic heterocycles. The van der Waals surface area contributed by atoms with Crippen LogP contribution >= 0.6 is 15.9 Å². The average Bonchev–Trinajstić information content (AvgIpc) is 3.18. The first-order chi connectivity index (χ1) is 15.0. The van der Waals surface area contributed by atoms with Crippen molar-refractivity contribution in [2.24, 2.45) is 0 Å². The molecule has 0 saturated carbocycles. The summed E-state index contributed by atoms with van der Waals surface area (Å²) in [4.78, 5) is 36.2. The van der Waals surface area contributed by atoms with Gasteiger partial charge in [0.1, 0.15) is 23.7 Å². The fourth-order valence-electron chi connectivity index (χ4n) is 2.68. The Balaban J connectivity index is 2.05. The van der Waals surface area contributed by atoms with E-state index in [0.29, 0.717) is 0 Å². The van der Waals surface area contributed by atoms with E-state index < -0.39 is 40.6 Å². The van der Waals surface area contributed by atoms with Crippen molar-refractivity contribution < 1.29 is 36.2 Å². The number of halogens is 5. The third-order valence-electron chi connectivity index (χ3n) is 4.18. The molecule has 14 heteroatoms. The lowest BCUT2D eigenvalue weighted by atomic mass is 10.2. The normalized spacial score (nSPS) is 11.4. The second kappa shape index (κ2) is 8.53. The number of hydrogen-bond acceptors (Lipinski definition) is 7. The van der Waals surface area contributed by atoms with Crippen molar-refractivity contribution in [2.75, 3.05) is 13.0 Å². The van der Waals surface area contributed by atoms with E-state index in [1.807, 2.05) is 0 Å². The third-order valence-corrected chi connectivity index (χ3v) is 4.80. The Hall–Kier alpha value is -3.55. The summed E-state index contributed by atoms with van der Waals surface area (Å²) in [7, 11) is 1.16. The predicted molar refractivity (Wildman–Crippen MR) is 103 cm³/mol. The van der Waals surface area contributed by atoms with Crippen LogP contribution in [-0.4, -0.2) is 22.3 Å². The van der Waals surface area contributed by atoms with Crippen molar-refractivity contribution in [3.05, 3.63) is 78.7 Å². The van der Waals surface area contributed by atoms with Gasteiger partial charge in [-0.25, -0.2) is 23.2 Å². The van der Waals surface area contributed by atoms with E-state index in [9.17, 15) is 31.9 Å². The van der Waals surface area contributed by atoms with Crippen LogP contribution in [0.25, 0.3) is 5.69 Å². The summed E-state index contributed by atoms with van der Waals surface area (Å²) in [5.41, 5.74) is -5.44. The number of furan rings is 1. The summed E-state index contributed by atoms with van der Waals surface area (Å²) in [6.07, 6.45) is -3.87. The standard InChI is InChI=1S/C18H12BrF4N3O6/c1-30-16(28)8-2-3-31-13(8)7-32-12-5-11(10(20)4-9(12)19)25-15(27)6-14(18(21,22)23)26(24)17(25)29/h2-6H,7,24H2,1H3. The molecule has 0 saturated heterocycles. The van der Waals surface area contributed by atoms with Crippen LogP contribution in [0.1, 0.15) is 21.8 Å². The van der Waals surface area contributed by atoms with Gasteiger partial charge in [0, 0.05) is 12.1 Å². The molecule has 2 N–H and O–H groups in total. The van der Waals surface area contributed by atoms with E-state index in [1.165, 1.54) is 12.3 Å². The summed E-state index contributed by atoms with van der Waals surface area (Å²) in [6, 6.07) is 3.13. The highest BCUT2D eigenvalue weighted by atomic mass is 79.9. The molecule has 0 radical (unpaired) electrons. The van der Waals surface area contributed by atoms with Crippen LogP contribution in [0.2, 0.25) is 0 Å². The van der Waals surface area contributed by atoms with Gasteiger partial charge in [0.2, 0.25) is 0 Å². The van der Waals surface area contributed by atoms with Gasteiger partial charge >= 0.3 is 17.8 Å². The van der Waals surface area contributed by atoms with E-state index in [4.69, 9.17) is 15.0 Å². The number of ether oxygens (including phenoxy) is 2. The molecular weight excluding hydrogens is 510 g/mol. The number of methoxy groups -OCH3 is 1. The molecule has 0 aliphatic rings. The summed E-state index contributed by atoms with van der Waals surface area (Å²) in [5.74, 6) is 3.29. The zero-order valence-corrected chi connectivity index (χ0v) is 17.5. The molecule has 9 nitrogen and oxygen atoms in total. The first-order valence-corrected chi connectivity index (χ1v) is 9.23. The van der Waals surface area contributed by atoms with Gasteiger partial charge < -0.3 is 19.7 Å². The lowest BCUT2D eigenvalue weighted by molar-refractivity contribution is -0.143. The summed E-state index contributed by atoms with van der Waals surface area (Å²) in [6.45, 7) is -0.343. The van der Waals surface area contributed by atoms with Gasteiger partial charge in [-0.15, -0.1) is 0 Å². The number of benzene rings is 1. The third kappa shape index (κ3) is 4.26. The maximum absolute atomic E-state index is 14.5. The maximum atomic E-state index is 14.5. The fraction of sp³-hybridized carbons (Fsp3) is 0.167. The van der Waals surface area contributed by atoms with Gasteiger partial charge in [-0.05, 0) is 28.1 Å². The Morgan fingerprint density at radius 3 is 2.56 bits per heavy atom. The number of nitrogens with two attached hydrogens (primary N) is 1. The van der Waals surface area contributed by atoms with E-state index >= 15 is 0 Å². The van der Waals surface area contributed by atoms with E-state index in [1.54, 1.807) is 0 Å². The molecule has 2 aromatic heterocycles. The highest BCUT2D eigenvalue weighted by Crippen LogP contribution is 2.31. The second-order valence-electron chi connectivity index (χ2n) is 6.13. The van der Waals surface area contributed by atoms with Crippen molar-refractivity contribution in [3.63, 3.8) is 0 Å². The number of carbonyl (C=O) groups excluding carboxylic acids is 1. The summed E-state index contributed by atoms with van der Waals surface area (Å²) in [5, 5.41) is 0. The van der Waals surface area contributed by atoms with Crippen LogP contribution in [-0.2, 0) is 17.5 Å². The lowest BCUT2D eigenvalue weighted by Crippen LogP contribution is -2.45. The van der Waals surface area contributed by atoms with Crippen LogP contribution in [0.5, 0.6) is 5.75 Å². The second-order valence-corrected chi connectivity index (χ2v) is 6.98. The number of nitrogens with zero attached hydrogens (tertiary/aromatic N) is 2. The van der Waals surface area contributed by atoms with Gasteiger partial charge in [-0.2, -0.15) is 13.2 Å². The van der Waals surface area contributed by atoms with Crippen molar-refractivity contribution >= 4 is 21.9 Å². The largest absolute Gasteiger partial charge is 0.484 e. The highest BCUT2D eigenvalue weighted by Gasteiger charge is 2.36. The Bertz CT molecular complexity index is 1310. The molecular formula is C18H12BrF4N3O6. The molecule has 3 rings (SSSR count). The molecule has 32 heavy (non-hydrogen) atoms. The van der Waals surface area contributed by atoms with Crippen molar-refractivity contribution in [1.82, 2.24) is 9.24 Å². The molecule has 0 aliphatic carbocycles. The van der Waals surface area contributed by atoms with Crippen LogP contribution in [0, 0.1) is 5.82 Å². The number of hydrogen-bond donors (Lipinski definition) is 1. The van der Waals surface area contributed by atoms with Crippen LogP contribution in [0.3, 0.4) is 0 Å². The number of alkyl halides is 3. The van der Waals surface area contributed by atoms with Crippen LogP contribution in [0.4, 0.5) is 17.6 Å². The maximum Gasteiger partial charge on any atom is 0.433 e. The van der Waals surface area contributed by atoms with Crippen molar-refractivity contribution in [2.45, 2.75) is 12.8 Å². The van der Waals surface area contributed by atoms with Gasteiger partial charge in [-0.1, -0.05) is 0 Å². The van der Waals surface area contributed by atoms with Gasteiger partial charge in [0.15, 0.2) is 11.5 Å². The van der Waals surface area contributed by atoms with E-state index in [-0.39, 0.29) is 43.5 Å². The smallest absolute Gasteiger partial charge is 0.433 e. The Labute approximate surface area is 183 Å². The first-order valence-electron chi connectivity index (χ1n) is 8.44. The topological polar surface area (TPSA) is 119 Å². The lowest BCUT2D eigenvalue weighted by Gasteiger charge is -2.15. The minimum absolute atomic E-state index is 0.0398. The van der Waals surface area contributed by atoms with Gasteiger partial charge in [-0.3, -0.25) is 4.79 Å². The fourth-order valence-corrected chi connectivity index (χ4v) is 3.11. The zero-order chi connectivity index (χ0) is 23.8. The van der Waals surface area contributed by atoms with Crippen molar-refractivity contribution in [1.29, 1.82) is 0 Å². The monoisotopic (exact) mass is 521 g/mol. The first kappa shape index (κ1) is 23.1. The minimum atomic E-state index is -5.08. The molecule has 0 atom stereocenters. The van der Waals surface area contributed by atoms with Crippen LogP contribution in [0.15, 0.2) is 49.0 Å². The van der Waals surface area contributed by atoms with Gasteiger partial charge in [0.25, 0.3) is 5.56 Å². The molecule has 1 aromatic carbocycles. The highest BCUT2D eigenvalue weighted by molar-refractivity contribution is 9.10. The molecule has 3 aromatic rings. The SMILES string of the molecule is COC(=O)c1ccoc1COc1cc(-n2c(=O)cc(C(F)(F)F)n(N)c2=O)c(F)cc1Br. The van der Waals surface area contributed by atoms with Gasteiger partial charge in [0.05, 0.1) is 23.5 Å².